The third kappa shape index (κ3) is 4.88. The Morgan fingerprint density at radius 1 is 0.816 bits per heavy atom. The molecule has 1 aliphatic heterocycles. The number of imide groups is 1. The van der Waals surface area contributed by atoms with Gasteiger partial charge >= 0.3 is 0 Å². The predicted molar refractivity (Wildman–Crippen MR) is 144 cm³/mol. The van der Waals surface area contributed by atoms with Gasteiger partial charge in [-0.3, -0.25) is 19.2 Å². The van der Waals surface area contributed by atoms with Crippen LogP contribution in [0.4, 0.5) is 4.39 Å². The summed E-state index contributed by atoms with van der Waals surface area (Å²) in [5.74, 6) is -4.62. The Balaban J connectivity index is 1.94. The molecule has 0 aliphatic carbocycles. The molecule has 13 heteroatoms. The molecule has 38 heavy (non-hydrogen) atoms. The highest BCUT2D eigenvalue weighted by atomic mass is 35.5. The molecule has 3 aromatic rings. The minimum Gasteiger partial charge on any atom is -0.292 e. The smallest absolute Gasteiger partial charge is 0.282 e. The number of benzene rings is 3. The van der Waals surface area contributed by atoms with Crippen molar-refractivity contribution in [2.75, 3.05) is 5.88 Å². The van der Waals surface area contributed by atoms with Crippen molar-refractivity contribution in [3.05, 3.63) is 102 Å². The normalized spacial score (nSPS) is 13.5. The molecule has 4 rings (SSSR count). The summed E-state index contributed by atoms with van der Waals surface area (Å²) in [7, 11) is 0. The molecule has 0 radical (unpaired) electrons. The Labute approximate surface area is 245 Å². The molecular formula is C25H13Cl6FN2O4. The molecule has 1 atom stereocenters. The number of carbonyl (C=O) groups excluding carboxylic acids is 4. The monoisotopic (exact) mass is 634 g/mol. The summed E-state index contributed by atoms with van der Waals surface area (Å²) >= 11 is 37.0. The molecule has 3 amide bonds. The van der Waals surface area contributed by atoms with E-state index in [4.69, 9.17) is 69.6 Å². The van der Waals surface area contributed by atoms with E-state index in [1.165, 1.54) is 30.3 Å². The van der Waals surface area contributed by atoms with Crippen LogP contribution in [-0.2, 0) is 0 Å². The van der Waals surface area contributed by atoms with Crippen LogP contribution in [0.3, 0.4) is 0 Å². The Morgan fingerprint density at radius 3 is 1.84 bits per heavy atom. The lowest BCUT2D eigenvalue weighted by atomic mass is 10.0. The number of Topliss-reactive ketones (excluding diaryl/α,β-unsaturated/α-hetero) is 1. The van der Waals surface area contributed by atoms with Gasteiger partial charge < -0.3 is 0 Å². The number of hydrogen-bond acceptors (Lipinski definition) is 4. The molecular weight excluding hydrogens is 624 g/mol. The number of nitrogens with zero attached hydrogens (tertiary/aromatic N) is 2. The summed E-state index contributed by atoms with van der Waals surface area (Å²) < 4.78 is 13.5. The van der Waals surface area contributed by atoms with Gasteiger partial charge in [0.15, 0.2) is 5.78 Å². The van der Waals surface area contributed by atoms with E-state index in [1.807, 2.05) is 0 Å². The fourth-order valence-corrected chi connectivity index (χ4v) is 5.37. The number of ketones is 1. The maximum Gasteiger partial charge on any atom is 0.282 e. The van der Waals surface area contributed by atoms with Crippen LogP contribution in [0.2, 0.25) is 25.1 Å². The molecule has 0 unspecified atom stereocenters. The predicted octanol–water partition coefficient (Wildman–Crippen LogP) is 7.63. The molecule has 6 nitrogen and oxygen atoms in total. The van der Waals surface area contributed by atoms with E-state index in [2.05, 4.69) is 0 Å². The molecule has 0 N–H and O–H groups in total. The van der Waals surface area contributed by atoms with Gasteiger partial charge in [0.05, 0.1) is 41.8 Å². The third-order valence-electron chi connectivity index (χ3n) is 5.72. The molecule has 0 saturated heterocycles. The summed E-state index contributed by atoms with van der Waals surface area (Å²) in [5, 5.41) is -0.178. The fourth-order valence-electron chi connectivity index (χ4n) is 3.94. The first-order valence-electron chi connectivity index (χ1n) is 10.7. The van der Waals surface area contributed by atoms with Crippen molar-refractivity contribution < 1.29 is 23.6 Å². The van der Waals surface area contributed by atoms with Gasteiger partial charge in [-0.05, 0) is 42.8 Å². The van der Waals surface area contributed by atoms with Gasteiger partial charge in [0.25, 0.3) is 17.7 Å². The molecule has 0 aromatic heterocycles. The Kier molecular flexibility index (Phi) is 8.57. The number of fused-ring (bicyclic) bond motifs is 1. The Hall–Kier alpha value is -2.39. The average Bonchev–Trinajstić information content (AvgIpc) is 3.16. The maximum absolute atomic E-state index is 13.9. The minimum atomic E-state index is -1.51. The highest BCUT2D eigenvalue weighted by Crippen LogP contribution is 2.45. The first-order valence-corrected chi connectivity index (χ1v) is 13.1. The standard InChI is InChI=1S/C25H13Cl6FN2O4/c26-10-9-15(22(35)11-5-7-12(32)8-6-11)33(23(36)13-3-1-2-4-14(13)27)34-24(37)16-17(25(34)38)19(29)21(31)20(30)18(16)28/h1-8,15H,9-10H2/t15-/m1/s1. The summed E-state index contributed by atoms with van der Waals surface area (Å²) in [6.07, 6.45) is -0.204. The van der Waals surface area contributed by atoms with E-state index in [1.54, 1.807) is 6.07 Å². The van der Waals surface area contributed by atoms with Crippen LogP contribution in [0, 0.1) is 5.82 Å². The molecule has 3 aromatic carbocycles. The van der Waals surface area contributed by atoms with Crippen LogP contribution in [0.25, 0.3) is 0 Å². The van der Waals surface area contributed by atoms with Gasteiger partial charge in [0, 0.05) is 11.4 Å². The van der Waals surface area contributed by atoms with Gasteiger partial charge in [-0.25, -0.2) is 9.40 Å². The second-order valence-corrected chi connectivity index (χ2v) is 10.2. The topological polar surface area (TPSA) is 74.8 Å². The molecule has 1 heterocycles. The van der Waals surface area contributed by atoms with Crippen molar-refractivity contribution in [3.8, 4) is 0 Å². The van der Waals surface area contributed by atoms with Gasteiger partial charge in [0.2, 0.25) is 0 Å². The van der Waals surface area contributed by atoms with Crippen molar-refractivity contribution in [2.24, 2.45) is 0 Å². The lowest BCUT2D eigenvalue weighted by molar-refractivity contribution is -0.00959. The van der Waals surface area contributed by atoms with Gasteiger partial charge in [0.1, 0.15) is 11.9 Å². The fraction of sp³-hybridized carbons (Fsp3) is 0.120. The molecule has 0 saturated carbocycles. The lowest BCUT2D eigenvalue weighted by Crippen LogP contribution is -2.57. The minimum absolute atomic E-state index is 0.00256. The van der Waals surface area contributed by atoms with Gasteiger partial charge in [-0.2, -0.15) is 5.01 Å². The number of hydrogen-bond donors (Lipinski definition) is 0. The van der Waals surface area contributed by atoms with Gasteiger partial charge in [-0.15, -0.1) is 11.6 Å². The average molecular weight is 637 g/mol. The van der Waals surface area contributed by atoms with E-state index in [-0.39, 0.29) is 48.5 Å². The third-order valence-corrected chi connectivity index (χ3v) is 8.07. The Morgan fingerprint density at radius 2 is 1.34 bits per heavy atom. The van der Waals surface area contributed by atoms with E-state index in [9.17, 15) is 23.6 Å². The van der Waals surface area contributed by atoms with Crippen molar-refractivity contribution in [1.82, 2.24) is 10.0 Å². The first kappa shape index (κ1) is 28.6. The number of carbonyl (C=O) groups is 4. The van der Waals surface area contributed by atoms with E-state index in [0.717, 1.165) is 12.1 Å². The largest absolute Gasteiger partial charge is 0.292 e. The highest BCUT2D eigenvalue weighted by molar-refractivity contribution is 6.55. The van der Waals surface area contributed by atoms with Crippen LogP contribution in [0.1, 0.15) is 47.9 Å². The zero-order chi connectivity index (χ0) is 27.9. The van der Waals surface area contributed by atoms with Crippen LogP contribution in [0.15, 0.2) is 48.5 Å². The number of alkyl halides is 1. The molecule has 0 fully saturated rings. The highest BCUT2D eigenvalue weighted by Gasteiger charge is 2.49. The second-order valence-electron chi connectivity index (χ2n) is 7.92. The van der Waals surface area contributed by atoms with Crippen molar-refractivity contribution in [2.45, 2.75) is 12.5 Å². The first-order chi connectivity index (χ1) is 18.0. The number of rotatable bonds is 7. The van der Waals surface area contributed by atoms with Crippen LogP contribution >= 0.6 is 69.6 Å². The quantitative estimate of drug-likeness (QED) is 0.0879. The van der Waals surface area contributed by atoms with Crippen LogP contribution < -0.4 is 0 Å². The summed E-state index contributed by atoms with van der Waals surface area (Å²) in [4.78, 5) is 54.9. The number of halogens is 7. The molecule has 1 aliphatic rings. The van der Waals surface area contributed by atoms with Gasteiger partial charge in [-0.1, -0.05) is 70.1 Å². The van der Waals surface area contributed by atoms with Crippen molar-refractivity contribution >= 4 is 93.1 Å². The van der Waals surface area contributed by atoms with E-state index in [0.29, 0.717) is 10.0 Å². The zero-order valence-corrected chi connectivity index (χ0v) is 23.3. The summed E-state index contributed by atoms with van der Waals surface area (Å²) in [6, 6.07) is 8.84. The summed E-state index contributed by atoms with van der Waals surface area (Å²) in [5.41, 5.74) is -0.915. The number of amides is 3. The molecule has 0 bridgehead atoms. The van der Waals surface area contributed by atoms with Crippen LogP contribution in [0.5, 0.6) is 0 Å². The maximum atomic E-state index is 13.9. The number of hydrazine groups is 1. The van der Waals surface area contributed by atoms with E-state index >= 15 is 0 Å². The van der Waals surface area contributed by atoms with Crippen molar-refractivity contribution in [3.63, 3.8) is 0 Å². The molecule has 0 spiro atoms. The second kappa shape index (κ2) is 11.4. The van der Waals surface area contributed by atoms with Crippen molar-refractivity contribution in [1.29, 1.82) is 0 Å². The molecule has 196 valence electrons. The summed E-state index contributed by atoms with van der Waals surface area (Å²) in [6.45, 7) is 0. The SMILES string of the molecule is O=C(c1ccc(F)cc1)[C@@H](CCCl)N(C(=O)c1ccccc1Cl)N1C(=O)c2c(Cl)c(Cl)c(Cl)c(Cl)c2C1=O. The zero-order valence-electron chi connectivity index (χ0n) is 18.8. The Bertz CT molecular complexity index is 1450. The van der Waals surface area contributed by atoms with Crippen LogP contribution in [-0.4, -0.2) is 45.4 Å². The lowest BCUT2D eigenvalue weighted by Gasteiger charge is -2.36. The van der Waals surface area contributed by atoms with E-state index < -0.39 is 46.5 Å².